The van der Waals surface area contributed by atoms with Gasteiger partial charge < -0.3 is 5.32 Å². The summed E-state index contributed by atoms with van der Waals surface area (Å²) in [6.07, 6.45) is 3.22. The zero-order chi connectivity index (χ0) is 14.1. The van der Waals surface area contributed by atoms with Crippen LogP contribution < -0.4 is 16.6 Å². The van der Waals surface area contributed by atoms with Gasteiger partial charge in [0, 0.05) is 25.3 Å². The van der Waals surface area contributed by atoms with Gasteiger partial charge in [0.05, 0.1) is 5.69 Å². The second-order valence-electron chi connectivity index (χ2n) is 4.66. The minimum atomic E-state index is 0.668. The van der Waals surface area contributed by atoms with Crippen molar-refractivity contribution in [3.05, 3.63) is 17.5 Å². The number of aliphatic imine (C=N–C) groups is 1. The zero-order valence-electron chi connectivity index (χ0n) is 12.2. The van der Waals surface area contributed by atoms with Gasteiger partial charge in [0.2, 0.25) is 5.96 Å². The predicted octanol–water partition coefficient (Wildman–Crippen LogP) is 1.10. The lowest BCUT2D eigenvalue weighted by Gasteiger charge is -2.08. The molecule has 0 unspecified atom stereocenters. The van der Waals surface area contributed by atoms with Crippen LogP contribution in [0.25, 0.3) is 0 Å². The lowest BCUT2D eigenvalue weighted by molar-refractivity contribution is 0.567. The predicted molar refractivity (Wildman–Crippen MR) is 78.9 cm³/mol. The van der Waals surface area contributed by atoms with Crippen LogP contribution in [0.15, 0.2) is 11.1 Å². The lowest BCUT2D eigenvalue weighted by atomic mass is 10.3. The Morgan fingerprint density at radius 2 is 2.21 bits per heavy atom. The average molecular weight is 266 g/mol. The van der Waals surface area contributed by atoms with E-state index in [1.807, 2.05) is 11.6 Å². The molecule has 1 aromatic rings. The van der Waals surface area contributed by atoms with Gasteiger partial charge in [0.1, 0.15) is 0 Å². The minimum absolute atomic E-state index is 0.668. The Kier molecular flexibility index (Phi) is 6.95. The van der Waals surface area contributed by atoms with E-state index in [0.717, 1.165) is 44.6 Å². The van der Waals surface area contributed by atoms with Crippen LogP contribution in [0.1, 0.15) is 37.6 Å². The molecule has 19 heavy (non-hydrogen) atoms. The molecule has 0 spiro atoms. The molecule has 0 aliphatic rings. The second kappa shape index (κ2) is 8.53. The molecule has 0 radical (unpaired) electrons. The number of nitrogens with one attached hydrogen (secondary N) is 2. The minimum Gasteiger partial charge on any atom is -0.355 e. The van der Waals surface area contributed by atoms with Crippen molar-refractivity contribution in [2.45, 2.75) is 46.6 Å². The van der Waals surface area contributed by atoms with Crippen LogP contribution in [0, 0.1) is 13.8 Å². The number of nitrogens with zero attached hydrogens (tertiary/aromatic N) is 3. The largest absolute Gasteiger partial charge is 0.355 e. The fourth-order valence-electron chi connectivity index (χ4n) is 1.85. The Bertz CT molecular complexity index is 396. The summed E-state index contributed by atoms with van der Waals surface area (Å²) in [5.74, 6) is 6.08. The number of unbranched alkanes of at least 4 members (excludes halogenated alkanes) is 1. The molecule has 0 bridgehead atoms. The van der Waals surface area contributed by atoms with E-state index in [9.17, 15) is 0 Å². The number of rotatable bonds is 7. The number of guanidine groups is 1. The maximum atomic E-state index is 5.41. The Hall–Kier alpha value is -1.56. The van der Waals surface area contributed by atoms with Gasteiger partial charge in [-0.1, -0.05) is 13.3 Å². The van der Waals surface area contributed by atoms with Gasteiger partial charge in [-0.05, 0) is 32.8 Å². The van der Waals surface area contributed by atoms with E-state index >= 15 is 0 Å². The van der Waals surface area contributed by atoms with Crippen LogP contribution in [0.5, 0.6) is 0 Å². The zero-order valence-corrected chi connectivity index (χ0v) is 12.2. The summed E-state index contributed by atoms with van der Waals surface area (Å²) in [7, 11) is 0. The third-order valence-corrected chi connectivity index (χ3v) is 2.86. The smallest absolute Gasteiger partial charge is 0.205 e. The molecule has 0 aliphatic carbocycles. The van der Waals surface area contributed by atoms with Gasteiger partial charge >= 0.3 is 0 Å². The topological polar surface area (TPSA) is 80.3 Å². The maximum absolute atomic E-state index is 5.41. The summed E-state index contributed by atoms with van der Waals surface area (Å²) < 4.78 is 2.02. The van der Waals surface area contributed by atoms with Gasteiger partial charge in [0.25, 0.3) is 0 Å². The second-order valence-corrected chi connectivity index (χ2v) is 4.66. The molecule has 108 valence electrons. The van der Waals surface area contributed by atoms with Gasteiger partial charge in [-0.3, -0.25) is 15.1 Å². The summed E-state index contributed by atoms with van der Waals surface area (Å²) in [5, 5.41) is 7.60. The van der Waals surface area contributed by atoms with Crippen LogP contribution in [0.4, 0.5) is 0 Å². The average Bonchev–Trinajstić information content (AvgIpc) is 2.71. The Balaban J connectivity index is 2.29. The van der Waals surface area contributed by atoms with Crippen LogP contribution in [0.2, 0.25) is 0 Å². The molecule has 1 rings (SSSR count). The molecule has 6 nitrogen and oxygen atoms in total. The molecule has 0 aliphatic heterocycles. The molecule has 0 atom stereocenters. The van der Waals surface area contributed by atoms with E-state index in [1.165, 1.54) is 5.69 Å². The molecule has 6 heteroatoms. The summed E-state index contributed by atoms with van der Waals surface area (Å²) in [6, 6.07) is 2.09. The summed E-state index contributed by atoms with van der Waals surface area (Å²) in [4.78, 5) is 4.39. The van der Waals surface area contributed by atoms with E-state index in [4.69, 9.17) is 5.84 Å². The normalized spacial score (nSPS) is 11.7. The summed E-state index contributed by atoms with van der Waals surface area (Å²) in [6.45, 7) is 8.75. The first-order valence-corrected chi connectivity index (χ1v) is 6.93. The SMILES string of the molecule is CCCCNC(=NCCCn1nc(C)cc1C)NN. The molecule has 0 saturated heterocycles. The van der Waals surface area contributed by atoms with E-state index in [1.54, 1.807) is 0 Å². The highest BCUT2D eigenvalue weighted by atomic mass is 15.3. The van der Waals surface area contributed by atoms with Crippen molar-refractivity contribution in [2.75, 3.05) is 13.1 Å². The quantitative estimate of drug-likeness (QED) is 0.227. The molecule has 0 amide bonds. The fraction of sp³-hybridized carbons (Fsp3) is 0.692. The van der Waals surface area contributed by atoms with Gasteiger partial charge in [-0.25, -0.2) is 5.84 Å². The van der Waals surface area contributed by atoms with E-state index < -0.39 is 0 Å². The Morgan fingerprint density at radius 1 is 1.42 bits per heavy atom. The molecule has 1 aromatic heterocycles. The highest BCUT2D eigenvalue weighted by Crippen LogP contribution is 2.02. The van der Waals surface area contributed by atoms with Crippen LogP contribution >= 0.6 is 0 Å². The molecule has 0 fully saturated rings. The Morgan fingerprint density at radius 3 is 2.79 bits per heavy atom. The summed E-state index contributed by atoms with van der Waals surface area (Å²) >= 11 is 0. The number of hydrazine groups is 1. The van der Waals surface area contributed by atoms with Gasteiger partial charge in [0.15, 0.2) is 0 Å². The number of hydrogen-bond acceptors (Lipinski definition) is 3. The molecular formula is C13H26N6. The van der Waals surface area contributed by atoms with Crippen molar-refractivity contribution in [3.63, 3.8) is 0 Å². The molecule has 0 aromatic carbocycles. The first-order valence-electron chi connectivity index (χ1n) is 6.93. The standard InChI is InChI=1S/C13H26N6/c1-4-5-7-15-13(17-14)16-8-6-9-19-12(3)10-11(2)18-19/h10H,4-9,14H2,1-3H3,(H2,15,16,17). The number of aryl methyl sites for hydroxylation is 3. The maximum Gasteiger partial charge on any atom is 0.205 e. The van der Waals surface area contributed by atoms with Crippen LogP contribution in [-0.4, -0.2) is 28.8 Å². The van der Waals surface area contributed by atoms with Crippen molar-refractivity contribution < 1.29 is 0 Å². The summed E-state index contributed by atoms with van der Waals surface area (Å²) in [5.41, 5.74) is 4.85. The van der Waals surface area contributed by atoms with Crippen molar-refractivity contribution in [2.24, 2.45) is 10.8 Å². The van der Waals surface area contributed by atoms with E-state index in [-0.39, 0.29) is 0 Å². The van der Waals surface area contributed by atoms with Crippen molar-refractivity contribution in [1.29, 1.82) is 0 Å². The number of aromatic nitrogens is 2. The first-order chi connectivity index (χ1) is 9.17. The third kappa shape index (κ3) is 5.74. The van der Waals surface area contributed by atoms with E-state index in [2.05, 4.69) is 40.7 Å². The third-order valence-electron chi connectivity index (χ3n) is 2.86. The Labute approximate surface area is 115 Å². The molecule has 0 saturated carbocycles. The van der Waals surface area contributed by atoms with Crippen LogP contribution in [0.3, 0.4) is 0 Å². The number of nitrogens with two attached hydrogens (primary N) is 1. The molecule has 1 heterocycles. The highest BCUT2D eigenvalue weighted by molar-refractivity contribution is 5.79. The molecule has 4 N–H and O–H groups in total. The van der Waals surface area contributed by atoms with Gasteiger partial charge in [-0.2, -0.15) is 5.10 Å². The highest BCUT2D eigenvalue weighted by Gasteiger charge is 2.00. The van der Waals surface area contributed by atoms with Crippen molar-refractivity contribution in [1.82, 2.24) is 20.5 Å². The monoisotopic (exact) mass is 266 g/mol. The fourth-order valence-corrected chi connectivity index (χ4v) is 1.85. The molecular weight excluding hydrogens is 240 g/mol. The van der Waals surface area contributed by atoms with Crippen molar-refractivity contribution in [3.8, 4) is 0 Å². The number of hydrogen-bond donors (Lipinski definition) is 3. The van der Waals surface area contributed by atoms with Crippen LogP contribution in [-0.2, 0) is 6.54 Å². The lowest BCUT2D eigenvalue weighted by Crippen LogP contribution is -2.42. The first kappa shape index (κ1) is 15.5. The van der Waals surface area contributed by atoms with Gasteiger partial charge in [-0.15, -0.1) is 0 Å². The van der Waals surface area contributed by atoms with Crippen molar-refractivity contribution >= 4 is 5.96 Å². The van der Waals surface area contributed by atoms with E-state index in [0.29, 0.717) is 5.96 Å².